The third-order valence-corrected chi connectivity index (χ3v) is 5.34. The largest absolute Gasteiger partial charge is 0.488 e. The minimum Gasteiger partial charge on any atom is -0.488 e. The van der Waals surface area contributed by atoms with Crippen LogP contribution in [-0.4, -0.2) is 22.3 Å². The number of amides is 1. The van der Waals surface area contributed by atoms with E-state index in [0.29, 0.717) is 23.7 Å². The summed E-state index contributed by atoms with van der Waals surface area (Å²) in [4.78, 5) is 12.7. The lowest BCUT2D eigenvalue weighted by Gasteiger charge is -2.18. The third-order valence-electron chi connectivity index (χ3n) is 5.11. The Hall–Kier alpha value is -3.05. The van der Waals surface area contributed by atoms with Crippen LogP contribution in [0.1, 0.15) is 28.1 Å². The van der Waals surface area contributed by atoms with Crippen LogP contribution in [0.15, 0.2) is 54.1 Å². The van der Waals surface area contributed by atoms with Crippen LogP contribution < -0.4 is 10.1 Å². The Morgan fingerprint density at radius 1 is 1.21 bits per heavy atom. The average Bonchev–Trinajstić information content (AvgIpc) is 2.99. The van der Waals surface area contributed by atoms with E-state index in [0.717, 1.165) is 28.3 Å². The van der Waals surface area contributed by atoms with Crippen LogP contribution in [0, 0.1) is 13.8 Å². The lowest BCUT2D eigenvalue weighted by molar-refractivity contribution is -0.117. The summed E-state index contributed by atoms with van der Waals surface area (Å²) in [6, 6.07) is 15.6. The van der Waals surface area contributed by atoms with E-state index in [1.165, 1.54) is 5.56 Å². The molecule has 0 aliphatic carbocycles. The number of nitrogens with one attached hydrogen (secondary N) is 1. The number of nitrogens with zero attached hydrogens (tertiary/aromatic N) is 2. The second-order valence-corrected chi connectivity index (χ2v) is 7.55. The number of aryl methyl sites for hydroxylation is 1. The van der Waals surface area contributed by atoms with Gasteiger partial charge in [0, 0.05) is 28.4 Å². The molecular formula is C23H22ClN3O2. The molecule has 0 saturated carbocycles. The van der Waals surface area contributed by atoms with Gasteiger partial charge in [0.05, 0.1) is 17.8 Å². The predicted molar refractivity (Wildman–Crippen MR) is 114 cm³/mol. The highest BCUT2D eigenvalue weighted by Gasteiger charge is 2.19. The van der Waals surface area contributed by atoms with Gasteiger partial charge in [-0.25, -0.2) is 0 Å². The smallest absolute Gasteiger partial charge is 0.250 e. The van der Waals surface area contributed by atoms with Crippen molar-refractivity contribution in [2.45, 2.75) is 26.9 Å². The van der Waals surface area contributed by atoms with Crippen LogP contribution in [0.3, 0.4) is 0 Å². The van der Waals surface area contributed by atoms with Gasteiger partial charge in [0.25, 0.3) is 5.91 Å². The van der Waals surface area contributed by atoms with Crippen LogP contribution in [0.2, 0.25) is 5.02 Å². The van der Waals surface area contributed by atoms with Crippen molar-refractivity contribution in [1.29, 1.82) is 0 Å². The Labute approximate surface area is 175 Å². The number of hydrogen-bond donors (Lipinski definition) is 1. The highest BCUT2D eigenvalue weighted by Crippen LogP contribution is 2.29. The molecule has 0 spiro atoms. The first kappa shape index (κ1) is 19.3. The van der Waals surface area contributed by atoms with E-state index in [1.807, 2.05) is 48.9 Å². The number of carbonyl (C=O) groups is 1. The molecular weight excluding hydrogens is 386 g/mol. The highest BCUT2D eigenvalue weighted by atomic mass is 35.5. The zero-order valence-corrected chi connectivity index (χ0v) is 17.2. The molecule has 6 heteroatoms. The van der Waals surface area contributed by atoms with Gasteiger partial charge in [0.15, 0.2) is 0 Å². The molecule has 0 unspecified atom stereocenters. The fraction of sp³-hybridized carbons (Fsp3) is 0.217. The Morgan fingerprint density at radius 3 is 2.79 bits per heavy atom. The summed E-state index contributed by atoms with van der Waals surface area (Å²) in [5.74, 6) is 0.588. The fourth-order valence-corrected chi connectivity index (χ4v) is 3.64. The van der Waals surface area contributed by atoms with Crippen molar-refractivity contribution in [3.63, 3.8) is 0 Å². The van der Waals surface area contributed by atoms with Crippen molar-refractivity contribution in [3.05, 3.63) is 87.2 Å². The molecule has 4 rings (SSSR count). The van der Waals surface area contributed by atoms with Crippen LogP contribution >= 0.6 is 11.6 Å². The van der Waals surface area contributed by atoms with Gasteiger partial charge in [0.2, 0.25) is 0 Å². The molecule has 2 heterocycles. The molecule has 1 aliphatic heterocycles. The number of hydrogen-bond acceptors (Lipinski definition) is 3. The van der Waals surface area contributed by atoms with E-state index >= 15 is 0 Å². The topological polar surface area (TPSA) is 56.2 Å². The lowest BCUT2D eigenvalue weighted by Crippen LogP contribution is -2.28. The molecule has 0 saturated heterocycles. The number of benzene rings is 2. The second kappa shape index (κ2) is 8.13. The van der Waals surface area contributed by atoms with Crippen LogP contribution in [-0.2, 0) is 17.9 Å². The standard InChI is InChI=1S/C23H22ClN3O2/c1-15-21(16(2)27(26-15)13-17-6-4-3-5-7-17)12-25-23(28)19-10-18-11-20(24)8-9-22(18)29-14-19/h3-11H,12-14H2,1-2H3,(H,25,28). The van der Waals surface area contributed by atoms with E-state index in [1.54, 1.807) is 12.1 Å². The lowest BCUT2D eigenvalue weighted by atomic mass is 10.1. The first-order valence-electron chi connectivity index (χ1n) is 9.49. The molecule has 1 aliphatic rings. The van der Waals surface area contributed by atoms with E-state index in [-0.39, 0.29) is 12.5 Å². The minimum atomic E-state index is -0.148. The summed E-state index contributed by atoms with van der Waals surface area (Å²) in [6.07, 6.45) is 1.83. The minimum absolute atomic E-state index is 0.148. The van der Waals surface area contributed by atoms with Gasteiger partial charge in [-0.15, -0.1) is 0 Å². The number of carbonyl (C=O) groups excluding carboxylic acids is 1. The van der Waals surface area contributed by atoms with E-state index in [9.17, 15) is 4.79 Å². The molecule has 5 nitrogen and oxygen atoms in total. The average molecular weight is 408 g/mol. The monoisotopic (exact) mass is 407 g/mol. The van der Waals surface area contributed by atoms with Gasteiger partial charge in [0.1, 0.15) is 12.4 Å². The van der Waals surface area contributed by atoms with E-state index < -0.39 is 0 Å². The molecule has 1 amide bonds. The molecule has 0 fully saturated rings. The number of rotatable bonds is 5. The Bertz CT molecular complexity index is 1090. The number of ether oxygens (including phenoxy) is 1. The summed E-state index contributed by atoms with van der Waals surface area (Å²) >= 11 is 6.05. The molecule has 2 aromatic carbocycles. The number of aromatic nitrogens is 2. The van der Waals surface area contributed by atoms with Crippen molar-refractivity contribution in [2.75, 3.05) is 6.61 Å². The summed E-state index contributed by atoms with van der Waals surface area (Å²) in [5.41, 5.74) is 5.59. The van der Waals surface area contributed by atoms with Crippen molar-refractivity contribution >= 4 is 23.6 Å². The summed E-state index contributed by atoms with van der Waals surface area (Å²) in [5, 5.41) is 8.26. The van der Waals surface area contributed by atoms with Crippen molar-refractivity contribution in [3.8, 4) is 5.75 Å². The van der Waals surface area contributed by atoms with Crippen molar-refractivity contribution in [1.82, 2.24) is 15.1 Å². The van der Waals surface area contributed by atoms with Crippen LogP contribution in [0.4, 0.5) is 0 Å². The van der Waals surface area contributed by atoms with Gasteiger partial charge in [-0.3, -0.25) is 9.48 Å². The normalized spacial score (nSPS) is 12.7. The maximum Gasteiger partial charge on any atom is 0.250 e. The van der Waals surface area contributed by atoms with Gasteiger partial charge >= 0.3 is 0 Å². The van der Waals surface area contributed by atoms with Gasteiger partial charge in [-0.2, -0.15) is 5.10 Å². The van der Waals surface area contributed by atoms with E-state index in [4.69, 9.17) is 16.3 Å². The number of halogens is 1. The quantitative estimate of drug-likeness (QED) is 0.686. The van der Waals surface area contributed by atoms with Crippen molar-refractivity contribution < 1.29 is 9.53 Å². The first-order chi connectivity index (χ1) is 14.0. The molecule has 0 radical (unpaired) electrons. The maximum absolute atomic E-state index is 12.7. The summed E-state index contributed by atoms with van der Waals surface area (Å²) < 4.78 is 7.66. The highest BCUT2D eigenvalue weighted by molar-refractivity contribution is 6.30. The SMILES string of the molecule is Cc1nn(Cc2ccccc2)c(C)c1CNC(=O)C1=Cc2cc(Cl)ccc2OC1. The van der Waals surface area contributed by atoms with Crippen molar-refractivity contribution in [2.24, 2.45) is 0 Å². The maximum atomic E-state index is 12.7. The zero-order valence-electron chi connectivity index (χ0n) is 16.4. The number of fused-ring (bicyclic) bond motifs is 1. The zero-order chi connectivity index (χ0) is 20.4. The van der Waals surface area contributed by atoms with Crippen LogP contribution in [0.5, 0.6) is 5.75 Å². The van der Waals surface area contributed by atoms with E-state index in [2.05, 4.69) is 22.5 Å². The Balaban J connectivity index is 1.46. The molecule has 1 N–H and O–H groups in total. The molecule has 0 atom stereocenters. The second-order valence-electron chi connectivity index (χ2n) is 7.12. The molecule has 148 valence electrons. The predicted octanol–water partition coefficient (Wildman–Crippen LogP) is 4.29. The Morgan fingerprint density at radius 2 is 2.00 bits per heavy atom. The Kier molecular flexibility index (Phi) is 5.41. The van der Waals surface area contributed by atoms with Gasteiger partial charge < -0.3 is 10.1 Å². The van der Waals surface area contributed by atoms with Gasteiger partial charge in [-0.1, -0.05) is 41.9 Å². The van der Waals surface area contributed by atoms with Gasteiger partial charge in [-0.05, 0) is 43.7 Å². The van der Waals surface area contributed by atoms with Crippen LogP contribution in [0.25, 0.3) is 6.08 Å². The summed E-state index contributed by atoms with van der Waals surface area (Å²) in [6.45, 7) is 5.37. The molecule has 0 bridgehead atoms. The first-order valence-corrected chi connectivity index (χ1v) is 9.87. The molecule has 29 heavy (non-hydrogen) atoms. The molecule has 3 aromatic rings. The molecule has 1 aromatic heterocycles. The fourth-order valence-electron chi connectivity index (χ4n) is 3.46. The summed E-state index contributed by atoms with van der Waals surface area (Å²) in [7, 11) is 0. The third kappa shape index (κ3) is 4.20.